The summed E-state index contributed by atoms with van der Waals surface area (Å²) in [6, 6.07) is 0.984. The molecule has 1 heterocycles. The molecule has 3 atom stereocenters. The van der Waals surface area contributed by atoms with Gasteiger partial charge in [0.1, 0.15) is 0 Å². The SMILES string of the molecule is CC1CN(C)C(C)CC1NCCS(=O)(=O)N(C)C. The van der Waals surface area contributed by atoms with Crippen LogP contribution in [0.2, 0.25) is 0 Å². The molecule has 0 radical (unpaired) electrons. The van der Waals surface area contributed by atoms with Crippen molar-refractivity contribution in [3.05, 3.63) is 0 Å². The van der Waals surface area contributed by atoms with E-state index in [1.54, 1.807) is 14.1 Å². The Bertz CT molecular complexity index is 356. The minimum Gasteiger partial charge on any atom is -0.313 e. The van der Waals surface area contributed by atoms with Crippen LogP contribution in [0.15, 0.2) is 0 Å². The smallest absolute Gasteiger partial charge is 0.214 e. The van der Waals surface area contributed by atoms with Crippen molar-refractivity contribution in [3.8, 4) is 0 Å². The molecule has 0 amide bonds. The number of rotatable bonds is 5. The summed E-state index contributed by atoms with van der Waals surface area (Å²) < 4.78 is 24.6. The van der Waals surface area contributed by atoms with Crippen LogP contribution in [0, 0.1) is 5.92 Å². The highest BCUT2D eigenvalue weighted by molar-refractivity contribution is 7.89. The van der Waals surface area contributed by atoms with Crippen molar-refractivity contribution in [1.82, 2.24) is 14.5 Å². The standard InChI is InChI=1S/C12H27N3O2S/c1-10-9-15(5)11(2)8-12(10)13-6-7-18(16,17)14(3)4/h10-13H,6-9H2,1-5H3. The Morgan fingerprint density at radius 2 is 1.94 bits per heavy atom. The van der Waals surface area contributed by atoms with Crippen LogP contribution in [0.5, 0.6) is 0 Å². The van der Waals surface area contributed by atoms with Gasteiger partial charge in [0.25, 0.3) is 0 Å². The highest BCUT2D eigenvalue weighted by Crippen LogP contribution is 2.20. The summed E-state index contributed by atoms with van der Waals surface area (Å²) in [5.41, 5.74) is 0. The van der Waals surface area contributed by atoms with Crippen molar-refractivity contribution in [2.75, 3.05) is 40.0 Å². The molecule has 1 fully saturated rings. The second kappa shape index (κ2) is 6.32. The second-order valence-corrected chi connectivity index (χ2v) is 7.96. The average molecular weight is 277 g/mol. The summed E-state index contributed by atoms with van der Waals surface area (Å²) >= 11 is 0. The van der Waals surface area contributed by atoms with E-state index in [0.29, 0.717) is 24.5 Å². The lowest BCUT2D eigenvalue weighted by Crippen LogP contribution is -2.51. The largest absolute Gasteiger partial charge is 0.313 e. The molecule has 0 spiro atoms. The Hall–Kier alpha value is -0.170. The predicted octanol–water partition coefficient (Wildman–Crippen LogP) is 0.196. The van der Waals surface area contributed by atoms with Gasteiger partial charge < -0.3 is 10.2 Å². The van der Waals surface area contributed by atoms with Gasteiger partial charge in [-0.3, -0.25) is 0 Å². The van der Waals surface area contributed by atoms with E-state index in [9.17, 15) is 8.42 Å². The highest BCUT2D eigenvalue weighted by atomic mass is 32.2. The molecule has 5 nitrogen and oxygen atoms in total. The molecule has 108 valence electrons. The molecule has 3 unspecified atom stereocenters. The molecular formula is C12H27N3O2S. The number of piperidine rings is 1. The van der Waals surface area contributed by atoms with E-state index in [1.807, 2.05) is 0 Å². The molecule has 0 aromatic heterocycles. The monoisotopic (exact) mass is 277 g/mol. The number of nitrogens with zero attached hydrogens (tertiary/aromatic N) is 2. The summed E-state index contributed by atoms with van der Waals surface area (Å²) in [6.45, 7) is 6.04. The quantitative estimate of drug-likeness (QED) is 0.780. The van der Waals surface area contributed by atoms with E-state index in [0.717, 1.165) is 13.0 Å². The van der Waals surface area contributed by atoms with Gasteiger partial charge in [-0.15, -0.1) is 0 Å². The van der Waals surface area contributed by atoms with Gasteiger partial charge in [0.15, 0.2) is 0 Å². The molecule has 0 aromatic carbocycles. The molecule has 0 bridgehead atoms. The Morgan fingerprint density at radius 3 is 2.50 bits per heavy atom. The van der Waals surface area contributed by atoms with Crippen LogP contribution in [-0.2, 0) is 10.0 Å². The van der Waals surface area contributed by atoms with Crippen LogP contribution >= 0.6 is 0 Å². The van der Waals surface area contributed by atoms with E-state index in [-0.39, 0.29) is 5.75 Å². The molecule has 0 aliphatic carbocycles. The summed E-state index contributed by atoms with van der Waals surface area (Å²) in [6.07, 6.45) is 1.08. The van der Waals surface area contributed by atoms with Crippen LogP contribution < -0.4 is 5.32 Å². The maximum Gasteiger partial charge on any atom is 0.214 e. The molecular weight excluding hydrogens is 250 g/mol. The molecule has 1 N–H and O–H groups in total. The Labute approximate surface area is 112 Å². The Balaban J connectivity index is 2.40. The van der Waals surface area contributed by atoms with Crippen molar-refractivity contribution in [2.45, 2.75) is 32.4 Å². The lowest BCUT2D eigenvalue weighted by atomic mass is 9.90. The van der Waals surface area contributed by atoms with Crippen LogP contribution in [-0.4, -0.2) is 69.7 Å². The number of hydrogen-bond acceptors (Lipinski definition) is 4. The van der Waals surface area contributed by atoms with Gasteiger partial charge in [-0.1, -0.05) is 6.92 Å². The van der Waals surface area contributed by atoms with E-state index in [1.165, 1.54) is 4.31 Å². The van der Waals surface area contributed by atoms with E-state index in [2.05, 4.69) is 31.1 Å². The van der Waals surface area contributed by atoms with Crippen molar-refractivity contribution in [3.63, 3.8) is 0 Å². The molecule has 1 rings (SSSR count). The fraction of sp³-hybridized carbons (Fsp3) is 1.00. The maximum atomic E-state index is 11.6. The van der Waals surface area contributed by atoms with Gasteiger partial charge in [-0.25, -0.2) is 12.7 Å². The third-order valence-electron chi connectivity index (χ3n) is 3.93. The van der Waals surface area contributed by atoms with Gasteiger partial charge in [-0.05, 0) is 26.3 Å². The third kappa shape index (κ3) is 4.19. The minimum absolute atomic E-state index is 0.174. The molecule has 1 aliphatic rings. The van der Waals surface area contributed by atoms with E-state index < -0.39 is 10.0 Å². The fourth-order valence-electron chi connectivity index (χ4n) is 2.38. The van der Waals surface area contributed by atoms with Gasteiger partial charge in [-0.2, -0.15) is 0 Å². The number of nitrogens with one attached hydrogen (secondary N) is 1. The van der Waals surface area contributed by atoms with Crippen molar-refractivity contribution >= 4 is 10.0 Å². The maximum absolute atomic E-state index is 11.6. The molecule has 6 heteroatoms. The van der Waals surface area contributed by atoms with Crippen LogP contribution in [0.3, 0.4) is 0 Å². The van der Waals surface area contributed by atoms with Crippen LogP contribution in [0.4, 0.5) is 0 Å². The van der Waals surface area contributed by atoms with Crippen LogP contribution in [0.25, 0.3) is 0 Å². The molecule has 1 saturated heterocycles. The first-order valence-electron chi connectivity index (χ1n) is 6.58. The van der Waals surface area contributed by atoms with E-state index >= 15 is 0 Å². The zero-order valence-corrected chi connectivity index (χ0v) is 13.0. The zero-order chi connectivity index (χ0) is 13.9. The second-order valence-electron chi connectivity index (χ2n) is 5.66. The topological polar surface area (TPSA) is 52.7 Å². The first-order chi connectivity index (χ1) is 8.24. The minimum atomic E-state index is -3.08. The first-order valence-corrected chi connectivity index (χ1v) is 8.18. The van der Waals surface area contributed by atoms with Crippen molar-refractivity contribution < 1.29 is 8.42 Å². The van der Waals surface area contributed by atoms with Gasteiger partial charge in [0, 0.05) is 39.3 Å². The normalized spacial score (nSPS) is 30.9. The average Bonchev–Trinajstić information content (AvgIpc) is 2.25. The fourth-order valence-corrected chi connectivity index (χ4v) is 3.12. The molecule has 1 aliphatic heterocycles. The predicted molar refractivity (Wildman–Crippen MR) is 75.1 cm³/mol. The summed E-state index contributed by atoms with van der Waals surface area (Å²) in [7, 11) is 2.22. The number of likely N-dealkylation sites (tertiary alicyclic amines) is 1. The summed E-state index contributed by atoms with van der Waals surface area (Å²) in [5.74, 6) is 0.737. The lowest BCUT2D eigenvalue weighted by Gasteiger charge is -2.40. The van der Waals surface area contributed by atoms with Crippen molar-refractivity contribution in [1.29, 1.82) is 0 Å². The van der Waals surface area contributed by atoms with Crippen molar-refractivity contribution in [2.24, 2.45) is 5.92 Å². The van der Waals surface area contributed by atoms with Gasteiger partial charge in [0.2, 0.25) is 10.0 Å². The first kappa shape index (κ1) is 15.9. The molecule has 0 saturated carbocycles. The highest BCUT2D eigenvalue weighted by Gasteiger charge is 2.28. The lowest BCUT2D eigenvalue weighted by molar-refractivity contribution is 0.123. The Kier molecular flexibility index (Phi) is 5.58. The van der Waals surface area contributed by atoms with Gasteiger partial charge >= 0.3 is 0 Å². The molecule has 18 heavy (non-hydrogen) atoms. The Morgan fingerprint density at radius 1 is 1.33 bits per heavy atom. The number of hydrogen-bond donors (Lipinski definition) is 1. The number of sulfonamides is 1. The van der Waals surface area contributed by atoms with E-state index in [4.69, 9.17) is 0 Å². The summed E-state index contributed by atoms with van der Waals surface area (Å²) in [5, 5.41) is 3.40. The van der Waals surface area contributed by atoms with Crippen LogP contribution in [0.1, 0.15) is 20.3 Å². The van der Waals surface area contributed by atoms with Gasteiger partial charge in [0.05, 0.1) is 5.75 Å². The summed E-state index contributed by atoms with van der Waals surface area (Å²) in [4.78, 5) is 2.36. The molecule has 0 aromatic rings. The zero-order valence-electron chi connectivity index (χ0n) is 12.2. The third-order valence-corrected chi connectivity index (χ3v) is 5.77.